The summed E-state index contributed by atoms with van der Waals surface area (Å²) < 4.78 is 32.9. The Morgan fingerprint density at radius 2 is 1.72 bits per heavy atom. The highest BCUT2D eigenvalue weighted by molar-refractivity contribution is 7.92. The van der Waals surface area contributed by atoms with Crippen molar-refractivity contribution < 1.29 is 17.9 Å². The Morgan fingerprint density at radius 3 is 2.34 bits per heavy atom. The first kappa shape index (κ1) is 20.6. The lowest BCUT2D eigenvalue weighted by Gasteiger charge is -2.10. The minimum Gasteiger partial charge on any atom is -0.494 e. The summed E-state index contributed by atoms with van der Waals surface area (Å²) in [4.78, 5) is 13.0. The van der Waals surface area contributed by atoms with E-state index in [1.165, 1.54) is 29.5 Å². The zero-order valence-electron chi connectivity index (χ0n) is 15.7. The molecule has 1 heterocycles. The van der Waals surface area contributed by atoms with Crippen molar-refractivity contribution in [2.45, 2.75) is 11.8 Å². The quantitative estimate of drug-likeness (QED) is 0.514. The highest BCUT2D eigenvalue weighted by Gasteiger charge is 2.14. The molecule has 1 aromatic heterocycles. The lowest BCUT2D eigenvalue weighted by atomic mass is 10.3. The Kier molecular flexibility index (Phi) is 6.69. The molecule has 150 valence electrons. The Bertz CT molecular complexity index is 1070. The minimum absolute atomic E-state index is 0.0958. The zero-order chi connectivity index (χ0) is 20.7. The van der Waals surface area contributed by atoms with Gasteiger partial charge in [0.25, 0.3) is 10.0 Å². The van der Waals surface area contributed by atoms with E-state index >= 15 is 0 Å². The molecule has 1 amide bonds. The number of carbonyl (C=O) groups excluding carboxylic acids is 1. The molecule has 0 fully saturated rings. The molecular weight excluding hydrogens is 408 g/mol. The summed E-state index contributed by atoms with van der Waals surface area (Å²) in [6.45, 7) is 2.42. The Labute approximate surface area is 173 Å². The molecule has 3 aromatic rings. The van der Waals surface area contributed by atoms with Crippen LogP contribution >= 0.6 is 11.3 Å². The zero-order valence-corrected chi connectivity index (χ0v) is 17.3. The number of carbonyl (C=O) groups is 1. The number of hydrogen-bond donors (Lipinski definition) is 2. The van der Waals surface area contributed by atoms with E-state index < -0.39 is 10.0 Å². The predicted molar refractivity (Wildman–Crippen MR) is 117 cm³/mol. The van der Waals surface area contributed by atoms with Gasteiger partial charge in [0.15, 0.2) is 0 Å². The van der Waals surface area contributed by atoms with Crippen LogP contribution in [0.1, 0.15) is 11.8 Å². The van der Waals surface area contributed by atoms with Gasteiger partial charge in [-0.05, 0) is 73.0 Å². The van der Waals surface area contributed by atoms with Gasteiger partial charge >= 0.3 is 0 Å². The summed E-state index contributed by atoms with van der Waals surface area (Å²) in [5.41, 5.74) is 0.940. The van der Waals surface area contributed by atoms with E-state index in [1.54, 1.807) is 42.5 Å². The summed E-state index contributed by atoms with van der Waals surface area (Å²) in [6.07, 6.45) is 3.16. The summed E-state index contributed by atoms with van der Waals surface area (Å²) in [6, 6.07) is 16.5. The van der Waals surface area contributed by atoms with E-state index in [9.17, 15) is 13.2 Å². The van der Waals surface area contributed by atoms with E-state index in [2.05, 4.69) is 10.0 Å². The van der Waals surface area contributed by atoms with Crippen LogP contribution in [0, 0.1) is 0 Å². The normalized spacial score (nSPS) is 11.3. The molecule has 0 aliphatic heterocycles. The van der Waals surface area contributed by atoms with Gasteiger partial charge in [-0.3, -0.25) is 9.52 Å². The third-order valence-corrected chi connectivity index (χ3v) is 6.03. The summed E-state index contributed by atoms with van der Waals surface area (Å²) in [7, 11) is -3.74. The molecule has 6 nitrogen and oxygen atoms in total. The van der Waals surface area contributed by atoms with Crippen molar-refractivity contribution in [2.75, 3.05) is 16.6 Å². The lowest BCUT2D eigenvalue weighted by molar-refractivity contribution is -0.111. The average Bonchev–Trinajstić information content (AvgIpc) is 3.22. The largest absolute Gasteiger partial charge is 0.494 e. The highest BCUT2D eigenvalue weighted by Crippen LogP contribution is 2.21. The second-order valence-electron chi connectivity index (χ2n) is 5.93. The third kappa shape index (κ3) is 5.94. The molecule has 29 heavy (non-hydrogen) atoms. The first-order chi connectivity index (χ1) is 14.0. The Balaban J connectivity index is 1.62. The smallest absolute Gasteiger partial charge is 0.261 e. The van der Waals surface area contributed by atoms with Gasteiger partial charge in [0.05, 0.1) is 11.5 Å². The monoisotopic (exact) mass is 428 g/mol. The number of sulfonamides is 1. The van der Waals surface area contributed by atoms with Crippen LogP contribution in [-0.2, 0) is 14.8 Å². The first-order valence-corrected chi connectivity index (χ1v) is 11.2. The first-order valence-electron chi connectivity index (χ1n) is 8.84. The molecule has 8 heteroatoms. The summed E-state index contributed by atoms with van der Waals surface area (Å²) >= 11 is 1.53. The topological polar surface area (TPSA) is 84.5 Å². The van der Waals surface area contributed by atoms with Gasteiger partial charge in [-0.25, -0.2) is 8.42 Å². The maximum absolute atomic E-state index is 12.5. The summed E-state index contributed by atoms with van der Waals surface area (Å²) in [5, 5.41) is 4.63. The number of amides is 1. The van der Waals surface area contributed by atoms with Crippen LogP contribution in [0.2, 0.25) is 0 Å². The molecule has 0 spiro atoms. The van der Waals surface area contributed by atoms with E-state index in [-0.39, 0.29) is 10.8 Å². The lowest BCUT2D eigenvalue weighted by Crippen LogP contribution is -2.13. The van der Waals surface area contributed by atoms with E-state index in [0.29, 0.717) is 23.7 Å². The number of nitrogens with one attached hydrogen (secondary N) is 2. The molecule has 2 aromatic carbocycles. The number of anilines is 2. The van der Waals surface area contributed by atoms with Crippen LogP contribution in [0.5, 0.6) is 5.75 Å². The third-order valence-electron chi connectivity index (χ3n) is 3.79. The number of benzene rings is 2. The molecular formula is C21H20N2O4S2. The van der Waals surface area contributed by atoms with Gasteiger partial charge in [-0.1, -0.05) is 6.07 Å². The minimum atomic E-state index is -3.74. The molecule has 2 N–H and O–H groups in total. The average molecular weight is 429 g/mol. The van der Waals surface area contributed by atoms with Gasteiger partial charge in [0.2, 0.25) is 5.91 Å². The fourth-order valence-electron chi connectivity index (χ4n) is 2.45. The number of hydrogen-bond acceptors (Lipinski definition) is 5. The van der Waals surface area contributed by atoms with E-state index in [4.69, 9.17) is 4.74 Å². The van der Waals surface area contributed by atoms with Gasteiger partial charge in [0, 0.05) is 22.3 Å². The molecule has 0 unspecified atom stereocenters. The van der Waals surface area contributed by atoms with Crippen molar-refractivity contribution in [1.82, 2.24) is 0 Å². The van der Waals surface area contributed by atoms with Gasteiger partial charge in [-0.2, -0.15) is 0 Å². The molecule has 3 rings (SSSR count). The number of rotatable bonds is 8. The molecule has 0 aliphatic rings. The maximum Gasteiger partial charge on any atom is 0.261 e. The maximum atomic E-state index is 12.5. The molecule has 0 aliphatic carbocycles. The number of ether oxygens (including phenoxy) is 1. The second-order valence-corrected chi connectivity index (χ2v) is 8.59. The molecule has 0 saturated carbocycles. The molecule has 0 radical (unpaired) electrons. The van der Waals surface area contributed by atoms with E-state index in [1.807, 2.05) is 24.4 Å². The van der Waals surface area contributed by atoms with Crippen molar-refractivity contribution in [3.63, 3.8) is 0 Å². The van der Waals surface area contributed by atoms with Crippen molar-refractivity contribution in [3.05, 3.63) is 77.0 Å². The van der Waals surface area contributed by atoms with Crippen LogP contribution < -0.4 is 14.8 Å². The summed E-state index contributed by atoms with van der Waals surface area (Å²) in [5.74, 6) is 0.380. The second kappa shape index (κ2) is 9.40. The Morgan fingerprint density at radius 1 is 1.03 bits per heavy atom. The SMILES string of the molecule is CCOc1ccc(NS(=O)(=O)c2ccc(NC(=O)C=Cc3cccs3)cc2)cc1. The number of thiophene rings is 1. The fourth-order valence-corrected chi connectivity index (χ4v) is 4.12. The fraction of sp³-hybridized carbons (Fsp3) is 0.0952. The van der Waals surface area contributed by atoms with Gasteiger partial charge in [0.1, 0.15) is 5.75 Å². The molecule has 0 saturated heterocycles. The van der Waals surface area contributed by atoms with Crippen molar-refractivity contribution in [1.29, 1.82) is 0 Å². The van der Waals surface area contributed by atoms with Crippen LogP contribution in [0.15, 0.2) is 77.0 Å². The standard InChI is InChI=1S/C21H20N2O4S2/c1-2-27-18-9-5-17(6-10-18)23-29(25,26)20-12-7-16(8-13-20)22-21(24)14-11-19-4-3-15-28-19/h3-15,23H,2H2,1H3,(H,22,24). The van der Waals surface area contributed by atoms with Crippen LogP contribution in [-0.4, -0.2) is 20.9 Å². The molecule has 0 atom stereocenters. The van der Waals surface area contributed by atoms with Crippen molar-refractivity contribution in [2.24, 2.45) is 0 Å². The van der Waals surface area contributed by atoms with Gasteiger partial charge < -0.3 is 10.1 Å². The van der Waals surface area contributed by atoms with Crippen LogP contribution in [0.4, 0.5) is 11.4 Å². The van der Waals surface area contributed by atoms with E-state index in [0.717, 1.165) is 4.88 Å². The molecule has 0 bridgehead atoms. The van der Waals surface area contributed by atoms with Crippen molar-refractivity contribution >= 4 is 44.7 Å². The predicted octanol–water partition coefficient (Wildman–Crippen LogP) is 4.60. The van der Waals surface area contributed by atoms with Crippen molar-refractivity contribution in [3.8, 4) is 5.75 Å². The van der Waals surface area contributed by atoms with Gasteiger partial charge in [-0.15, -0.1) is 11.3 Å². The highest BCUT2D eigenvalue weighted by atomic mass is 32.2. The van der Waals surface area contributed by atoms with Crippen LogP contribution in [0.25, 0.3) is 6.08 Å². The van der Waals surface area contributed by atoms with Crippen LogP contribution in [0.3, 0.4) is 0 Å². The Hall–Kier alpha value is -3.10.